The van der Waals surface area contributed by atoms with Crippen LogP contribution in [0, 0.1) is 0 Å². The van der Waals surface area contributed by atoms with E-state index in [1.165, 1.54) is 12.1 Å². The summed E-state index contributed by atoms with van der Waals surface area (Å²) in [5.41, 5.74) is 5.75. The molecule has 0 saturated heterocycles. The van der Waals surface area contributed by atoms with Crippen LogP contribution in [0.3, 0.4) is 0 Å². The Morgan fingerprint density at radius 2 is 1.76 bits per heavy atom. The highest BCUT2D eigenvalue weighted by molar-refractivity contribution is 5.29. The highest BCUT2D eigenvalue weighted by atomic mass is 19.4. The van der Waals surface area contributed by atoms with E-state index in [1.54, 1.807) is 12.1 Å². The first-order valence-corrected chi connectivity index (χ1v) is 7.56. The van der Waals surface area contributed by atoms with E-state index < -0.39 is 11.7 Å². The topological polar surface area (TPSA) is 29.3 Å². The van der Waals surface area contributed by atoms with E-state index in [-0.39, 0.29) is 6.04 Å². The Morgan fingerprint density at radius 1 is 1.14 bits per heavy atom. The Morgan fingerprint density at radius 3 is 2.33 bits per heavy atom. The van der Waals surface area contributed by atoms with Crippen molar-refractivity contribution in [2.45, 2.75) is 57.4 Å². The number of alkyl halides is 3. The van der Waals surface area contributed by atoms with Crippen LogP contribution in [-0.2, 0) is 12.7 Å². The molecule has 1 aromatic rings. The molecule has 0 bridgehead atoms. The average molecular weight is 300 g/mol. The summed E-state index contributed by atoms with van der Waals surface area (Å²) in [5.74, 6) is 0. The van der Waals surface area contributed by atoms with Gasteiger partial charge >= 0.3 is 6.18 Å². The Kier molecular flexibility index (Phi) is 5.27. The SMILES string of the molecule is CCN(Cc1ccccc1C(F)(F)F)C1CCC(N)CC1. The quantitative estimate of drug-likeness (QED) is 0.916. The van der Waals surface area contributed by atoms with Crippen LogP contribution in [0.15, 0.2) is 24.3 Å². The van der Waals surface area contributed by atoms with Gasteiger partial charge in [0.15, 0.2) is 0 Å². The van der Waals surface area contributed by atoms with Gasteiger partial charge in [-0.05, 0) is 43.9 Å². The number of hydrogen-bond donors (Lipinski definition) is 1. The van der Waals surface area contributed by atoms with Crippen LogP contribution in [-0.4, -0.2) is 23.5 Å². The minimum absolute atomic E-state index is 0.252. The van der Waals surface area contributed by atoms with Gasteiger partial charge in [-0.1, -0.05) is 25.1 Å². The fourth-order valence-corrected chi connectivity index (χ4v) is 3.12. The van der Waals surface area contributed by atoms with Crippen molar-refractivity contribution in [2.24, 2.45) is 5.73 Å². The maximum absolute atomic E-state index is 13.1. The molecule has 0 atom stereocenters. The molecule has 0 unspecified atom stereocenters. The van der Waals surface area contributed by atoms with Crippen LogP contribution < -0.4 is 5.73 Å². The van der Waals surface area contributed by atoms with Gasteiger partial charge in [0, 0.05) is 18.6 Å². The lowest BCUT2D eigenvalue weighted by atomic mass is 9.90. The second-order valence-corrected chi connectivity index (χ2v) is 5.79. The summed E-state index contributed by atoms with van der Waals surface area (Å²) in [6.45, 7) is 3.11. The van der Waals surface area contributed by atoms with Crippen molar-refractivity contribution in [3.63, 3.8) is 0 Å². The number of nitrogens with zero attached hydrogens (tertiary/aromatic N) is 1. The van der Waals surface area contributed by atoms with Gasteiger partial charge in [0.05, 0.1) is 5.56 Å². The molecule has 0 aliphatic heterocycles. The van der Waals surface area contributed by atoms with Gasteiger partial charge in [0.25, 0.3) is 0 Å². The Bertz CT molecular complexity index is 451. The summed E-state index contributed by atoms with van der Waals surface area (Å²) in [6, 6.07) is 6.47. The normalized spacial score (nSPS) is 23.5. The molecule has 0 amide bonds. The maximum Gasteiger partial charge on any atom is 0.416 e. The summed E-state index contributed by atoms with van der Waals surface area (Å²) < 4.78 is 39.2. The van der Waals surface area contributed by atoms with Crippen LogP contribution in [0.5, 0.6) is 0 Å². The predicted octanol–water partition coefficient (Wildman–Crippen LogP) is 3.80. The zero-order chi connectivity index (χ0) is 15.5. The van der Waals surface area contributed by atoms with E-state index in [4.69, 9.17) is 5.73 Å². The highest BCUT2D eigenvalue weighted by Crippen LogP contribution is 2.33. The zero-order valence-corrected chi connectivity index (χ0v) is 12.4. The Labute approximate surface area is 124 Å². The fourth-order valence-electron chi connectivity index (χ4n) is 3.12. The van der Waals surface area contributed by atoms with Gasteiger partial charge < -0.3 is 5.73 Å². The summed E-state index contributed by atoms with van der Waals surface area (Å²) in [4.78, 5) is 2.15. The molecule has 0 radical (unpaired) electrons. The second-order valence-electron chi connectivity index (χ2n) is 5.79. The van der Waals surface area contributed by atoms with Crippen LogP contribution in [0.25, 0.3) is 0 Å². The summed E-state index contributed by atoms with van der Waals surface area (Å²) >= 11 is 0. The van der Waals surface area contributed by atoms with E-state index in [0.29, 0.717) is 18.2 Å². The van der Waals surface area contributed by atoms with Crippen LogP contribution in [0.2, 0.25) is 0 Å². The van der Waals surface area contributed by atoms with Crippen LogP contribution in [0.1, 0.15) is 43.7 Å². The van der Waals surface area contributed by atoms with Crippen molar-refractivity contribution < 1.29 is 13.2 Å². The first kappa shape index (κ1) is 16.3. The number of rotatable bonds is 4. The average Bonchev–Trinajstić information content (AvgIpc) is 2.45. The lowest BCUT2D eigenvalue weighted by Gasteiger charge is -2.36. The Hall–Kier alpha value is -1.07. The van der Waals surface area contributed by atoms with E-state index in [1.807, 2.05) is 6.92 Å². The number of benzene rings is 1. The third kappa shape index (κ3) is 4.20. The van der Waals surface area contributed by atoms with Gasteiger partial charge in [-0.2, -0.15) is 13.2 Å². The summed E-state index contributed by atoms with van der Waals surface area (Å²) in [5, 5.41) is 0. The van der Waals surface area contributed by atoms with Crippen molar-refractivity contribution in [2.75, 3.05) is 6.54 Å². The number of hydrogen-bond acceptors (Lipinski definition) is 2. The van der Waals surface area contributed by atoms with Gasteiger partial charge in [0.2, 0.25) is 0 Å². The molecule has 5 heteroatoms. The molecule has 2 rings (SSSR count). The number of nitrogens with two attached hydrogens (primary N) is 1. The van der Waals surface area contributed by atoms with Crippen LogP contribution in [0.4, 0.5) is 13.2 Å². The molecule has 1 aliphatic rings. The molecule has 21 heavy (non-hydrogen) atoms. The van der Waals surface area contributed by atoms with Crippen molar-refractivity contribution in [3.05, 3.63) is 35.4 Å². The van der Waals surface area contributed by atoms with E-state index >= 15 is 0 Å². The molecule has 1 fully saturated rings. The predicted molar refractivity (Wildman–Crippen MR) is 77.8 cm³/mol. The van der Waals surface area contributed by atoms with Crippen molar-refractivity contribution in [3.8, 4) is 0 Å². The highest BCUT2D eigenvalue weighted by Gasteiger charge is 2.34. The van der Waals surface area contributed by atoms with Gasteiger partial charge in [-0.25, -0.2) is 0 Å². The van der Waals surface area contributed by atoms with Crippen molar-refractivity contribution >= 4 is 0 Å². The molecule has 2 N–H and O–H groups in total. The largest absolute Gasteiger partial charge is 0.416 e. The molecule has 0 aromatic heterocycles. The van der Waals surface area contributed by atoms with Crippen LogP contribution >= 0.6 is 0 Å². The van der Waals surface area contributed by atoms with E-state index in [9.17, 15) is 13.2 Å². The lowest BCUT2D eigenvalue weighted by molar-refractivity contribution is -0.138. The molecular weight excluding hydrogens is 277 g/mol. The zero-order valence-electron chi connectivity index (χ0n) is 12.4. The first-order chi connectivity index (χ1) is 9.91. The molecule has 1 saturated carbocycles. The molecular formula is C16H23F3N2. The standard InChI is InChI=1S/C16H23F3N2/c1-2-21(14-9-7-13(20)8-10-14)11-12-5-3-4-6-15(12)16(17,18)19/h3-6,13-14H,2,7-11,20H2,1H3. The van der Waals surface area contributed by atoms with Gasteiger partial charge in [-0.3, -0.25) is 4.90 Å². The third-order valence-electron chi connectivity index (χ3n) is 4.36. The van der Waals surface area contributed by atoms with Crippen molar-refractivity contribution in [1.82, 2.24) is 4.90 Å². The Balaban J connectivity index is 2.12. The number of halogens is 3. The molecule has 1 aliphatic carbocycles. The van der Waals surface area contributed by atoms with E-state index in [0.717, 1.165) is 32.2 Å². The summed E-state index contributed by atoms with van der Waals surface area (Å²) in [6.07, 6.45) is -0.415. The van der Waals surface area contributed by atoms with Gasteiger partial charge in [-0.15, -0.1) is 0 Å². The molecule has 1 aromatic carbocycles. The first-order valence-electron chi connectivity index (χ1n) is 7.56. The molecule has 0 spiro atoms. The second kappa shape index (κ2) is 6.79. The van der Waals surface area contributed by atoms with Crippen molar-refractivity contribution in [1.29, 1.82) is 0 Å². The lowest BCUT2D eigenvalue weighted by Crippen LogP contribution is -2.40. The minimum Gasteiger partial charge on any atom is -0.328 e. The molecule has 2 nitrogen and oxygen atoms in total. The maximum atomic E-state index is 13.1. The molecule has 0 heterocycles. The summed E-state index contributed by atoms with van der Waals surface area (Å²) in [7, 11) is 0. The molecule has 118 valence electrons. The monoisotopic (exact) mass is 300 g/mol. The minimum atomic E-state index is -4.29. The van der Waals surface area contributed by atoms with Gasteiger partial charge in [0.1, 0.15) is 0 Å². The van der Waals surface area contributed by atoms with E-state index in [2.05, 4.69) is 4.90 Å². The fraction of sp³-hybridized carbons (Fsp3) is 0.625. The smallest absolute Gasteiger partial charge is 0.328 e. The third-order valence-corrected chi connectivity index (χ3v) is 4.36.